The van der Waals surface area contributed by atoms with Crippen LogP contribution in [0, 0.1) is 0 Å². The van der Waals surface area contributed by atoms with Crippen molar-refractivity contribution >= 4 is 32.7 Å². The van der Waals surface area contributed by atoms with Crippen molar-refractivity contribution in [1.29, 1.82) is 0 Å². The SMILES string of the molecule is CCS(=O)(=O)CCCN(C)c1ccccc1C(N)=S. The number of para-hydroxylation sites is 1. The van der Waals surface area contributed by atoms with Crippen LogP contribution in [0.1, 0.15) is 18.9 Å². The Kier molecular flexibility index (Phi) is 5.75. The highest BCUT2D eigenvalue weighted by Gasteiger charge is 2.11. The average molecular weight is 300 g/mol. The van der Waals surface area contributed by atoms with Crippen LogP contribution in [0.4, 0.5) is 5.69 Å². The largest absolute Gasteiger partial charge is 0.389 e. The molecule has 0 fully saturated rings. The third-order valence-electron chi connectivity index (χ3n) is 2.97. The molecule has 0 heterocycles. The second-order valence-electron chi connectivity index (χ2n) is 4.39. The summed E-state index contributed by atoms with van der Waals surface area (Å²) in [5.74, 6) is 0.406. The molecule has 1 aromatic carbocycles. The number of hydrogen-bond acceptors (Lipinski definition) is 4. The number of benzene rings is 1. The fraction of sp³-hybridized carbons (Fsp3) is 0.462. The summed E-state index contributed by atoms with van der Waals surface area (Å²) in [6.07, 6.45) is 0.596. The molecule has 0 spiro atoms. The van der Waals surface area contributed by atoms with Gasteiger partial charge in [-0.1, -0.05) is 31.3 Å². The molecule has 0 atom stereocenters. The predicted octanol–water partition coefficient (Wildman–Crippen LogP) is 1.58. The molecule has 19 heavy (non-hydrogen) atoms. The molecule has 0 unspecified atom stereocenters. The Balaban J connectivity index is 2.69. The monoisotopic (exact) mass is 300 g/mol. The maximum atomic E-state index is 11.4. The molecule has 0 bridgehead atoms. The number of hydrogen-bond donors (Lipinski definition) is 1. The van der Waals surface area contributed by atoms with Crippen molar-refractivity contribution in [3.05, 3.63) is 29.8 Å². The van der Waals surface area contributed by atoms with Crippen molar-refractivity contribution in [1.82, 2.24) is 0 Å². The zero-order valence-electron chi connectivity index (χ0n) is 11.3. The summed E-state index contributed by atoms with van der Waals surface area (Å²) < 4.78 is 22.9. The van der Waals surface area contributed by atoms with Crippen LogP contribution in [0.2, 0.25) is 0 Å². The number of sulfone groups is 1. The number of thiocarbonyl (C=S) groups is 1. The van der Waals surface area contributed by atoms with Gasteiger partial charge in [0, 0.05) is 30.6 Å². The van der Waals surface area contributed by atoms with Gasteiger partial charge in [-0.25, -0.2) is 8.42 Å². The van der Waals surface area contributed by atoms with E-state index in [4.69, 9.17) is 18.0 Å². The van der Waals surface area contributed by atoms with E-state index in [-0.39, 0.29) is 11.5 Å². The van der Waals surface area contributed by atoms with Gasteiger partial charge < -0.3 is 10.6 Å². The van der Waals surface area contributed by atoms with E-state index in [1.165, 1.54) is 0 Å². The van der Waals surface area contributed by atoms with Gasteiger partial charge >= 0.3 is 0 Å². The highest BCUT2D eigenvalue weighted by molar-refractivity contribution is 7.91. The van der Waals surface area contributed by atoms with Crippen molar-refractivity contribution in [2.45, 2.75) is 13.3 Å². The van der Waals surface area contributed by atoms with E-state index in [0.717, 1.165) is 11.3 Å². The van der Waals surface area contributed by atoms with Crippen molar-refractivity contribution in [2.75, 3.05) is 30.0 Å². The fourth-order valence-corrected chi connectivity index (χ4v) is 2.83. The second kappa shape index (κ2) is 6.86. The normalized spacial score (nSPS) is 11.3. The summed E-state index contributed by atoms with van der Waals surface area (Å²) in [7, 11) is -0.989. The first-order valence-electron chi connectivity index (χ1n) is 6.17. The van der Waals surface area contributed by atoms with Gasteiger partial charge in [0.05, 0.1) is 5.75 Å². The van der Waals surface area contributed by atoms with E-state index in [9.17, 15) is 8.42 Å². The van der Waals surface area contributed by atoms with Crippen molar-refractivity contribution < 1.29 is 8.42 Å². The molecule has 0 aliphatic carbocycles. The molecule has 0 aliphatic rings. The van der Waals surface area contributed by atoms with Crippen molar-refractivity contribution in [3.63, 3.8) is 0 Å². The summed E-state index contributed by atoms with van der Waals surface area (Å²) in [5, 5.41) is 0. The van der Waals surface area contributed by atoms with Crippen LogP contribution >= 0.6 is 12.2 Å². The zero-order chi connectivity index (χ0) is 14.5. The van der Waals surface area contributed by atoms with E-state index in [2.05, 4.69) is 0 Å². The lowest BCUT2D eigenvalue weighted by atomic mass is 10.1. The molecule has 1 rings (SSSR count). The molecule has 0 aliphatic heterocycles. The van der Waals surface area contributed by atoms with Crippen LogP contribution in [0.5, 0.6) is 0 Å². The van der Waals surface area contributed by atoms with E-state index in [0.29, 0.717) is 18.0 Å². The Morgan fingerprint density at radius 2 is 2.00 bits per heavy atom. The Morgan fingerprint density at radius 3 is 2.58 bits per heavy atom. The summed E-state index contributed by atoms with van der Waals surface area (Å²) >= 11 is 5.01. The number of nitrogens with two attached hydrogens (primary N) is 1. The minimum absolute atomic E-state index is 0.195. The molecule has 1 aromatic rings. The molecule has 0 radical (unpaired) electrons. The summed E-state index contributed by atoms with van der Waals surface area (Å²) in [4.78, 5) is 2.34. The minimum Gasteiger partial charge on any atom is -0.389 e. The Labute approximate surface area is 120 Å². The lowest BCUT2D eigenvalue weighted by Gasteiger charge is -2.22. The highest BCUT2D eigenvalue weighted by atomic mass is 32.2. The van der Waals surface area contributed by atoms with Gasteiger partial charge in [-0.05, 0) is 18.6 Å². The van der Waals surface area contributed by atoms with Crippen LogP contribution in [0.15, 0.2) is 24.3 Å². The summed E-state index contributed by atoms with van der Waals surface area (Å²) in [6.45, 7) is 2.32. The molecule has 0 saturated heterocycles. The minimum atomic E-state index is -2.90. The summed E-state index contributed by atoms with van der Waals surface area (Å²) in [6, 6.07) is 7.60. The first kappa shape index (κ1) is 15.9. The van der Waals surface area contributed by atoms with Crippen LogP contribution in [0.3, 0.4) is 0 Å². The van der Waals surface area contributed by atoms with E-state index >= 15 is 0 Å². The topological polar surface area (TPSA) is 63.4 Å². The van der Waals surface area contributed by atoms with Gasteiger partial charge in [0.1, 0.15) is 14.8 Å². The molecular weight excluding hydrogens is 280 g/mol. The molecule has 0 amide bonds. The Bertz CT molecular complexity index is 541. The molecule has 106 valence electrons. The lowest BCUT2D eigenvalue weighted by molar-refractivity contribution is 0.594. The molecule has 0 saturated carbocycles. The Morgan fingerprint density at radius 1 is 1.37 bits per heavy atom. The Hall–Kier alpha value is -1.14. The van der Waals surface area contributed by atoms with Crippen LogP contribution < -0.4 is 10.6 Å². The molecule has 6 heteroatoms. The third-order valence-corrected chi connectivity index (χ3v) is 4.98. The molecule has 4 nitrogen and oxygen atoms in total. The number of nitrogens with zero attached hydrogens (tertiary/aromatic N) is 1. The maximum Gasteiger partial charge on any atom is 0.150 e. The predicted molar refractivity (Wildman–Crippen MR) is 84.5 cm³/mol. The first-order valence-corrected chi connectivity index (χ1v) is 8.40. The zero-order valence-corrected chi connectivity index (χ0v) is 12.9. The standard InChI is InChI=1S/C13H20N2O2S2/c1-3-19(16,17)10-6-9-15(2)12-8-5-4-7-11(12)13(14)18/h4-5,7-8H,3,6,9-10H2,1-2H3,(H2,14,18). The van der Waals surface area contributed by atoms with Gasteiger partial charge in [-0.3, -0.25) is 0 Å². The molecule has 0 aromatic heterocycles. The van der Waals surface area contributed by atoms with Gasteiger partial charge in [-0.15, -0.1) is 0 Å². The smallest absolute Gasteiger partial charge is 0.150 e. The lowest BCUT2D eigenvalue weighted by Crippen LogP contribution is -2.24. The van der Waals surface area contributed by atoms with Gasteiger partial charge in [-0.2, -0.15) is 0 Å². The van der Waals surface area contributed by atoms with Gasteiger partial charge in [0.25, 0.3) is 0 Å². The summed E-state index contributed by atoms with van der Waals surface area (Å²) in [5.41, 5.74) is 7.43. The quantitative estimate of drug-likeness (QED) is 0.775. The third kappa shape index (κ3) is 4.80. The molecular formula is C13H20N2O2S2. The van der Waals surface area contributed by atoms with E-state index < -0.39 is 9.84 Å². The van der Waals surface area contributed by atoms with Crippen LogP contribution in [0.25, 0.3) is 0 Å². The van der Waals surface area contributed by atoms with Gasteiger partial charge in [0.15, 0.2) is 0 Å². The maximum absolute atomic E-state index is 11.4. The second-order valence-corrected chi connectivity index (χ2v) is 7.31. The first-order chi connectivity index (χ1) is 8.87. The van der Waals surface area contributed by atoms with E-state index in [1.54, 1.807) is 6.92 Å². The van der Waals surface area contributed by atoms with Crippen molar-refractivity contribution in [3.8, 4) is 0 Å². The average Bonchev–Trinajstić information content (AvgIpc) is 2.38. The highest BCUT2D eigenvalue weighted by Crippen LogP contribution is 2.19. The number of anilines is 1. The van der Waals surface area contributed by atoms with E-state index in [1.807, 2.05) is 36.2 Å². The fourth-order valence-electron chi connectivity index (χ4n) is 1.80. The molecule has 2 N–H and O–H groups in total. The van der Waals surface area contributed by atoms with Gasteiger partial charge in [0.2, 0.25) is 0 Å². The number of rotatable bonds is 7. The van der Waals surface area contributed by atoms with Crippen molar-refractivity contribution in [2.24, 2.45) is 5.73 Å². The van der Waals surface area contributed by atoms with Crippen LogP contribution in [-0.2, 0) is 9.84 Å². The van der Waals surface area contributed by atoms with Crippen LogP contribution in [-0.4, -0.2) is 38.5 Å².